The van der Waals surface area contributed by atoms with Gasteiger partial charge in [0.25, 0.3) is 0 Å². The van der Waals surface area contributed by atoms with E-state index < -0.39 is 0 Å². The Balaban J connectivity index is 0.00000272. The maximum absolute atomic E-state index is 4.39. The van der Waals surface area contributed by atoms with E-state index in [0.717, 1.165) is 33.4 Å². The summed E-state index contributed by atoms with van der Waals surface area (Å²) in [5.74, 6) is 0. The van der Waals surface area contributed by atoms with Crippen molar-refractivity contribution >= 4 is 43.8 Å². The molecule has 7 heteroatoms. The van der Waals surface area contributed by atoms with Gasteiger partial charge in [-0.2, -0.15) is 0 Å². The quantitative estimate of drug-likeness (QED) is 0.250. The summed E-state index contributed by atoms with van der Waals surface area (Å²) in [4.78, 5) is 2.38. The Morgan fingerprint density at radius 1 is 0.806 bits per heavy atom. The highest BCUT2D eigenvalue weighted by molar-refractivity contribution is 9.11. The Bertz CT molecular complexity index is 1070. The fourth-order valence-electron chi connectivity index (χ4n) is 3.16. The van der Waals surface area contributed by atoms with Gasteiger partial charge >= 0.3 is 5.13 Å². The summed E-state index contributed by atoms with van der Waals surface area (Å²) in [6, 6.07) is 29.4. The van der Waals surface area contributed by atoms with Gasteiger partial charge in [0.05, 0.1) is 12.2 Å². The minimum Gasteiger partial charge on any atom is -1.00 e. The second-order valence-electron chi connectivity index (χ2n) is 6.97. The van der Waals surface area contributed by atoms with Crippen molar-refractivity contribution in [1.82, 2.24) is 0 Å². The van der Waals surface area contributed by atoms with E-state index in [1.807, 2.05) is 29.9 Å². The number of halogens is 2. The first-order chi connectivity index (χ1) is 14.7. The number of thiazole rings is 1. The van der Waals surface area contributed by atoms with Crippen molar-refractivity contribution in [2.45, 2.75) is 13.1 Å². The zero-order chi connectivity index (χ0) is 20.8. The molecule has 3 aromatic carbocycles. The van der Waals surface area contributed by atoms with Gasteiger partial charge in [-0.05, 0) is 67.8 Å². The summed E-state index contributed by atoms with van der Waals surface area (Å²) >= 11 is 5.03. The highest BCUT2D eigenvalue weighted by Gasteiger charge is 2.12. The molecule has 158 valence electrons. The fourth-order valence-corrected chi connectivity index (χ4v) is 4.57. The summed E-state index contributed by atoms with van der Waals surface area (Å²) in [5, 5.41) is 9.61. The first kappa shape index (κ1) is 23.3. The molecule has 0 fully saturated rings. The summed E-state index contributed by atoms with van der Waals surface area (Å²) in [6.45, 7) is 1.69. The number of aryl methyl sites for hydroxylation is 1. The Morgan fingerprint density at radius 3 is 1.84 bits per heavy atom. The molecule has 0 radical (unpaired) electrons. The van der Waals surface area contributed by atoms with Gasteiger partial charge in [-0.25, -0.2) is 4.57 Å². The van der Waals surface area contributed by atoms with Crippen LogP contribution in [0.25, 0.3) is 0 Å². The highest BCUT2D eigenvalue weighted by atomic mass is 79.9. The van der Waals surface area contributed by atoms with Gasteiger partial charge in [-0.15, -0.1) is 0 Å². The molecule has 0 unspecified atom stereocenters. The predicted octanol–water partition coefficient (Wildman–Crippen LogP) is 3.96. The first-order valence-corrected chi connectivity index (χ1v) is 11.3. The maximum atomic E-state index is 4.39. The molecule has 0 saturated heterocycles. The van der Waals surface area contributed by atoms with Gasteiger partial charge in [-0.1, -0.05) is 60.7 Å². The second kappa shape index (κ2) is 11.3. The summed E-state index contributed by atoms with van der Waals surface area (Å²) < 4.78 is 2.99. The van der Waals surface area contributed by atoms with Crippen molar-refractivity contribution in [3.63, 3.8) is 0 Å². The van der Waals surface area contributed by atoms with Crippen LogP contribution in [0.2, 0.25) is 0 Å². The molecular weight excluding hydrogens is 536 g/mol. The largest absolute Gasteiger partial charge is 1.00 e. The Hall–Kier alpha value is -2.35. The van der Waals surface area contributed by atoms with Crippen LogP contribution in [0.1, 0.15) is 11.1 Å². The number of hydrogen-bond donors (Lipinski definition) is 0. The molecule has 0 aliphatic carbocycles. The molecule has 4 rings (SSSR count). The Kier molecular flexibility index (Phi) is 8.51. The lowest BCUT2D eigenvalue weighted by molar-refractivity contribution is -0.654. The van der Waals surface area contributed by atoms with Gasteiger partial charge in [0.2, 0.25) is 0 Å². The number of azo groups is 1. The lowest BCUT2D eigenvalue weighted by Crippen LogP contribution is -3.00. The van der Waals surface area contributed by atoms with E-state index in [1.54, 1.807) is 11.3 Å². The van der Waals surface area contributed by atoms with Crippen molar-refractivity contribution in [2.75, 3.05) is 4.90 Å². The van der Waals surface area contributed by atoms with Gasteiger partial charge < -0.3 is 21.9 Å². The normalized spacial score (nSPS) is 10.8. The molecule has 4 aromatic rings. The fraction of sp³-hybridized carbons (Fsp3) is 0.125. The highest BCUT2D eigenvalue weighted by Crippen LogP contribution is 2.27. The Morgan fingerprint density at radius 2 is 1.35 bits per heavy atom. The van der Waals surface area contributed by atoms with E-state index in [4.69, 9.17) is 0 Å². The number of benzene rings is 3. The average Bonchev–Trinajstić information content (AvgIpc) is 3.10. The zero-order valence-electron chi connectivity index (χ0n) is 17.0. The van der Waals surface area contributed by atoms with Crippen LogP contribution in [0.3, 0.4) is 0 Å². The summed E-state index contributed by atoms with van der Waals surface area (Å²) in [5.41, 5.74) is 4.56. The smallest absolute Gasteiger partial charge is 0.409 e. The minimum atomic E-state index is 0. The molecule has 1 heterocycles. The molecule has 0 atom stereocenters. The number of nitrogens with zero attached hydrogens (tertiary/aromatic N) is 4. The van der Waals surface area contributed by atoms with Crippen LogP contribution < -0.4 is 26.4 Å². The van der Waals surface area contributed by atoms with Crippen molar-refractivity contribution < 1.29 is 21.5 Å². The molecule has 0 spiro atoms. The summed E-state index contributed by atoms with van der Waals surface area (Å²) in [7, 11) is 1.96. The van der Waals surface area contributed by atoms with E-state index in [0.29, 0.717) is 0 Å². The number of rotatable bonds is 7. The monoisotopic (exact) mass is 556 g/mol. The van der Waals surface area contributed by atoms with E-state index in [9.17, 15) is 0 Å². The van der Waals surface area contributed by atoms with E-state index in [1.165, 1.54) is 11.1 Å². The molecule has 1 aromatic heterocycles. The molecule has 0 aliphatic rings. The van der Waals surface area contributed by atoms with Gasteiger partial charge in [-0.3, -0.25) is 0 Å². The summed E-state index contributed by atoms with van der Waals surface area (Å²) in [6.07, 6.45) is 1.98. The SMILES string of the molecule is C[n+]1cc(Br)sc1N=Nc1ccc(N(Cc2ccccc2)Cc2ccccc2)cc1.[Br-]. The third-order valence-corrected chi connectivity index (χ3v) is 6.23. The Labute approximate surface area is 205 Å². The minimum absolute atomic E-state index is 0. The second-order valence-corrected chi connectivity index (χ2v) is 9.36. The molecule has 0 amide bonds. The molecule has 0 aliphatic heterocycles. The van der Waals surface area contributed by atoms with Crippen LogP contribution in [0.4, 0.5) is 16.5 Å². The standard InChI is InChI=1S/C24H22BrN4S.BrH/c1-28-18-23(25)30-24(28)27-26-21-12-14-22(15-13-21)29(16-19-8-4-2-5-9-19)17-20-10-6-3-7-11-20;/h2-15,18H,16-17H2,1H3;1H/q+1;/p-1. The number of hydrogen-bond acceptors (Lipinski definition) is 4. The van der Waals surface area contributed by atoms with Crippen LogP contribution in [-0.2, 0) is 20.1 Å². The topological polar surface area (TPSA) is 31.8 Å². The van der Waals surface area contributed by atoms with Gasteiger partial charge in [0, 0.05) is 18.8 Å². The zero-order valence-corrected chi connectivity index (χ0v) is 21.0. The van der Waals surface area contributed by atoms with Crippen LogP contribution >= 0.6 is 27.3 Å². The van der Waals surface area contributed by atoms with Crippen LogP contribution in [0.15, 0.2) is 105 Å². The molecule has 0 N–H and O–H groups in total. The third-order valence-electron chi connectivity index (χ3n) is 4.68. The van der Waals surface area contributed by atoms with E-state index in [2.05, 4.69) is 104 Å². The van der Waals surface area contributed by atoms with Crippen molar-refractivity contribution in [1.29, 1.82) is 0 Å². The lowest BCUT2D eigenvalue weighted by atomic mass is 10.1. The molecule has 0 saturated carbocycles. The predicted molar refractivity (Wildman–Crippen MR) is 127 cm³/mol. The van der Waals surface area contributed by atoms with E-state index in [-0.39, 0.29) is 17.0 Å². The van der Waals surface area contributed by atoms with Crippen molar-refractivity contribution in [3.8, 4) is 0 Å². The first-order valence-electron chi connectivity index (χ1n) is 9.67. The van der Waals surface area contributed by atoms with Crippen molar-refractivity contribution in [2.24, 2.45) is 17.3 Å². The average molecular weight is 558 g/mol. The van der Waals surface area contributed by atoms with Crippen molar-refractivity contribution in [3.05, 3.63) is 106 Å². The van der Waals surface area contributed by atoms with Gasteiger partial charge in [0.1, 0.15) is 15.7 Å². The number of anilines is 1. The lowest BCUT2D eigenvalue weighted by Gasteiger charge is -2.25. The van der Waals surface area contributed by atoms with Crippen LogP contribution in [0, 0.1) is 0 Å². The molecule has 0 bridgehead atoms. The molecule has 4 nitrogen and oxygen atoms in total. The van der Waals surface area contributed by atoms with Gasteiger partial charge in [0.15, 0.2) is 0 Å². The van der Waals surface area contributed by atoms with Crippen LogP contribution in [0.5, 0.6) is 0 Å². The molecular formula is C24H22Br2N4S. The number of aromatic nitrogens is 1. The van der Waals surface area contributed by atoms with E-state index >= 15 is 0 Å². The molecule has 31 heavy (non-hydrogen) atoms. The third kappa shape index (κ3) is 6.56. The maximum Gasteiger partial charge on any atom is 0.409 e. The van der Waals surface area contributed by atoms with Crippen LogP contribution in [-0.4, -0.2) is 0 Å².